The minimum absolute atomic E-state index is 0.178. The van der Waals surface area contributed by atoms with Crippen molar-refractivity contribution in [1.29, 1.82) is 0 Å². The summed E-state index contributed by atoms with van der Waals surface area (Å²) >= 11 is 5.44. The molecular formula is C18H18ClF3N4O. The Hall–Kier alpha value is -2.61. The van der Waals surface area contributed by atoms with E-state index in [0.717, 1.165) is 17.1 Å². The molecule has 0 atom stereocenters. The fourth-order valence-corrected chi connectivity index (χ4v) is 2.27. The van der Waals surface area contributed by atoms with Crippen LogP contribution in [0.15, 0.2) is 41.5 Å². The molecule has 0 aliphatic carbocycles. The molecule has 27 heavy (non-hydrogen) atoms. The van der Waals surface area contributed by atoms with E-state index in [0.29, 0.717) is 11.1 Å². The van der Waals surface area contributed by atoms with E-state index in [-0.39, 0.29) is 23.3 Å². The molecular weight excluding hydrogens is 381 g/mol. The summed E-state index contributed by atoms with van der Waals surface area (Å²) in [7, 11) is 4.74. The van der Waals surface area contributed by atoms with Crippen LogP contribution in [0, 0.1) is 0 Å². The van der Waals surface area contributed by atoms with Crippen LogP contribution in [-0.2, 0) is 11.0 Å². The van der Waals surface area contributed by atoms with Gasteiger partial charge in [0.1, 0.15) is 11.7 Å². The van der Waals surface area contributed by atoms with E-state index < -0.39 is 11.7 Å². The molecule has 5 nitrogen and oxygen atoms in total. The standard InChI is InChI=1S/C18H18ClF3N4O/c1-25(2)16-9-14(18(20,21)22)8-15(24-16)13-6-4-12(5-7-13)11-23-26(3)17(27)10-19/h4-9,11H,10H2,1-3H3. The summed E-state index contributed by atoms with van der Waals surface area (Å²) < 4.78 is 39.5. The third kappa shape index (κ3) is 5.43. The maximum Gasteiger partial charge on any atom is 0.416 e. The summed E-state index contributed by atoms with van der Waals surface area (Å²) in [6.45, 7) is 0. The molecule has 1 heterocycles. The Labute approximate surface area is 160 Å². The summed E-state index contributed by atoms with van der Waals surface area (Å²) in [6, 6.07) is 8.67. The van der Waals surface area contributed by atoms with Gasteiger partial charge in [0.05, 0.1) is 17.5 Å². The van der Waals surface area contributed by atoms with Gasteiger partial charge in [0.25, 0.3) is 5.91 Å². The average Bonchev–Trinajstić information content (AvgIpc) is 2.64. The van der Waals surface area contributed by atoms with E-state index in [1.54, 1.807) is 38.4 Å². The molecule has 0 aliphatic heterocycles. The van der Waals surface area contributed by atoms with E-state index in [1.807, 2.05) is 0 Å². The number of hydrazone groups is 1. The number of halogens is 4. The summed E-state index contributed by atoms with van der Waals surface area (Å²) in [5.41, 5.74) is 0.661. The Balaban J connectivity index is 2.32. The van der Waals surface area contributed by atoms with Crippen LogP contribution >= 0.6 is 11.6 Å². The number of aromatic nitrogens is 1. The Morgan fingerprint density at radius 3 is 2.33 bits per heavy atom. The molecule has 2 rings (SSSR count). The maximum absolute atomic E-state index is 13.2. The number of anilines is 1. The quantitative estimate of drug-likeness (QED) is 0.436. The summed E-state index contributed by atoms with van der Waals surface area (Å²) in [6.07, 6.45) is -3.01. The second-order valence-electron chi connectivity index (χ2n) is 5.91. The third-order valence-electron chi connectivity index (χ3n) is 3.66. The molecule has 2 aromatic rings. The monoisotopic (exact) mass is 398 g/mol. The van der Waals surface area contributed by atoms with Crippen molar-refractivity contribution in [1.82, 2.24) is 9.99 Å². The fourth-order valence-electron chi connectivity index (χ4n) is 2.10. The zero-order valence-corrected chi connectivity index (χ0v) is 15.7. The number of hydrogen-bond acceptors (Lipinski definition) is 4. The molecule has 0 N–H and O–H groups in total. The highest BCUT2D eigenvalue weighted by atomic mass is 35.5. The van der Waals surface area contributed by atoms with Gasteiger partial charge in [-0.3, -0.25) is 4.79 Å². The van der Waals surface area contributed by atoms with Gasteiger partial charge in [-0.15, -0.1) is 11.6 Å². The highest BCUT2D eigenvalue weighted by Gasteiger charge is 2.32. The number of alkyl halides is 4. The normalized spacial score (nSPS) is 11.7. The van der Waals surface area contributed by atoms with Crippen LogP contribution < -0.4 is 4.90 Å². The Kier molecular flexibility index (Phi) is 6.43. The van der Waals surface area contributed by atoms with Gasteiger partial charge < -0.3 is 4.90 Å². The molecule has 0 radical (unpaired) electrons. The van der Waals surface area contributed by atoms with E-state index in [4.69, 9.17) is 11.6 Å². The van der Waals surface area contributed by atoms with Crippen LogP contribution in [0.3, 0.4) is 0 Å². The van der Waals surface area contributed by atoms with Gasteiger partial charge in [-0.2, -0.15) is 18.3 Å². The smallest absolute Gasteiger partial charge is 0.363 e. The third-order valence-corrected chi connectivity index (χ3v) is 3.89. The predicted octanol–water partition coefficient (Wildman–Crippen LogP) is 3.86. The molecule has 0 fully saturated rings. The first-order valence-corrected chi connectivity index (χ1v) is 8.39. The fraction of sp³-hybridized carbons (Fsp3) is 0.278. The molecule has 0 spiro atoms. The lowest BCUT2D eigenvalue weighted by Crippen LogP contribution is -2.22. The topological polar surface area (TPSA) is 48.8 Å². The lowest BCUT2D eigenvalue weighted by molar-refractivity contribution is -0.137. The van der Waals surface area contributed by atoms with Crippen LogP contribution in [0.2, 0.25) is 0 Å². The zero-order chi connectivity index (χ0) is 20.2. The van der Waals surface area contributed by atoms with E-state index in [1.165, 1.54) is 18.2 Å². The van der Waals surface area contributed by atoms with Gasteiger partial charge in [-0.05, 0) is 17.7 Å². The summed E-state index contributed by atoms with van der Waals surface area (Å²) in [4.78, 5) is 17.1. The molecule has 144 valence electrons. The van der Waals surface area contributed by atoms with Gasteiger partial charge >= 0.3 is 6.18 Å². The van der Waals surface area contributed by atoms with Crippen LogP contribution in [0.4, 0.5) is 19.0 Å². The highest BCUT2D eigenvalue weighted by molar-refractivity contribution is 6.27. The minimum atomic E-state index is -4.46. The van der Waals surface area contributed by atoms with Gasteiger partial charge in [0.15, 0.2) is 0 Å². The minimum Gasteiger partial charge on any atom is -0.363 e. The number of amides is 1. The molecule has 0 saturated carbocycles. The molecule has 9 heteroatoms. The number of hydrogen-bond donors (Lipinski definition) is 0. The van der Waals surface area contributed by atoms with Crippen molar-refractivity contribution in [2.45, 2.75) is 6.18 Å². The predicted molar refractivity (Wildman–Crippen MR) is 100 cm³/mol. The van der Waals surface area contributed by atoms with Crippen molar-refractivity contribution in [3.05, 3.63) is 47.5 Å². The van der Waals surface area contributed by atoms with Crippen molar-refractivity contribution in [2.24, 2.45) is 5.10 Å². The second-order valence-corrected chi connectivity index (χ2v) is 6.18. The SMILES string of the molecule is CN(N=Cc1ccc(-c2cc(C(F)(F)F)cc(N(C)C)n2)cc1)C(=O)CCl. The molecule has 0 aliphatic rings. The first-order chi connectivity index (χ1) is 12.6. The van der Waals surface area contributed by atoms with E-state index in [9.17, 15) is 18.0 Å². The number of carbonyl (C=O) groups is 1. The maximum atomic E-state index is 13.2. The lowest BCUT2D eigenvalue weighted by atomic mass is 10.1. The second kappa shape index (κ2) is 8.39. The van der Waals surface area contributed by atoms with Crippen molar-refractivity contribution in [2.75, 3.05) is 31.9 Å². The first kappa shape index (κ1) is 20.7. The summed E-state index contributed by atoms with van der Waals surface area (Å²) in [5.74, 6) is -0.317. The van der Waals surface area contributed by atoms with Crippen molar-refractivity contribution >= 4 is 29.5 Å². The van der Waals surface area contributed by atoms with Crippen molar-refractivity contribution in [3.63, 3.8) is 0 Å². The summed E-state index contributed by atoms with van der Waals surface area (Å²) in [5, 5.41) is 5.06. The number of rotatable bonds is 5. The zero-order valence-electron chi connectivity index (χ0n) is 15.0. The highest BCUT2D eigenvalue weighted by Crippen LogP contribution is 2.33. The molecule has 1 aromatic heterocycles. The Morgan fingerprint density at radius 2 is 1.81 bits per heavy atom. The lowest BCUT2D eigenvalue weighted by Gasteiger charge is -2.16. The van der Waals surface area contributed by atoms with Crippen LogP contribution in [0.1, 0.15) is 11.1 Å². The van der Waals surface area contributed by atoms with Gasteiger partial charge in [-0.1, -0.05) is 24.3 Å². The van der Waals surface area contributed by atoms with Gasteiger partial charge in [0, 0.05) is 26.7 Å². The Morgan fingerprint density at radius 1 is 1.19 bits per heavy atom. The number of carbonyl (C=O) groups excluding carboxylic acids is 1. The van der Waals surface area contributed by atoms with E-state index >= 15 is 0 Å². The van der Waals surface area contributed by atoms with Crippen molar-refractivity contribution in [3.8, 4) is 11.3 Å². The molecule has 0 saturated heterocycles. The first-order valence-electron chi connectivity index (χ1n) is 7.85. The van der Waals surface area contributed by atoms with Crippen LogP contribution in [0.5, 0.6) is 0 Å². The van der Waals surface area contributed by atoms with Crippen molar-refractivity contribution < 1.29 is 18.0 Å². The number of pyridine rings is 1. The van der Waals surface area contributed by atoms with E-state index in [2.05, 4.69) is 10.1 Å². The average molecular weight is 399 g/mol. The number of benzene rings is 1. The van der Waals surface area contributed by atoms with Crippen LogP contribution in [-0.4, -0.2) is 49.1 Å². The molecule has 0 bridgehead atoms. The largest absolute Gasteiger partial charge is 0.416 e. The molecule has 0 unspecified atom stereocenters. The Bertz CT molecular complexity index is 835. The van der Waals surface area contributed by atoms with Gasteiger partial charge in [0.2, 0.25) is 0 Å². The molecule has 1 amide bonds. The van der Waals surface area contributed by atoms with Crippen LogP contribution in [0.25, 0.3) is 11.3 Å². The number of nitrogens with zero attached hydrogens (tertiary/aromatic N) is 4. The molecule has 1 aromatic carbocycles. The van der Waals surface area contributed by atoms with Gasteiger partial charge in [-0.25, -0.2) is 9.99 Å².